The van der Waals surface area contributed by atoms with Crippen molar-refractivity contribution in [2.75, 3.05) is 7.11 Å². The lowest BCUT2D eigenvalue weighted by Gasteiger charge is -2.18. The van der Waals surface area contributed by atoms with Gasteiger partial charge in [-0.15, -0.1) is 11.3 Å². The summed E-state index contributed by atoms with van der Waals surface area (Å²) >= 11 is 7.43. The molecule has 0 bridgehead atoms. The van der Waals surface area contributed by atoms with E-state index >= 15 is 0 Å². The first-order valence-electron chi connectivity index (χ1n) is 5.80. The van der Waals surface area contributed by atoms with Crippen LogP contribution in [0.15, 0.2) is 18.2 Å². The average Bonchev–Trinajstić information content (AvgIpc) is 2.68. The number of hydrogen-bond donors (Lipinski definition) is 0. The van der Waals surface area contributed by atoms with Crippen LogP contribution in [0.25, 0.3) is 10.1 Å². The van der Waals surface area contributed by atoms with Crippen LogP contribution in [0, 0.1) is 0 Å². The molecule has 0 saturated heterocycles. The molecular formula is C14H15ClO3S. The van der Waals surface area contributed by atoms with Gasteiger partial charge in [0.05, 0.1) is 12.1 Å². The Morgan fingerprint density at radius 1 is 1.26 bits per heavy atom. The molecule has 2 rings (SSSR count). The molecular weight excluding hydrogens is 284 g/mol. The Labute approximate surface area is 121 Å². The van der Waals surface area contributed by atoms with Crippen LogP contribution in [-0.2, 0) is 4.74 Å². The van der Waals surface area contributed by atoms with Gasteiger partial charge >= 0.3 is 5.97 Å². The van der Waals surface area contributed by atoms with Crippen LogP contribution < -0.4 is 4.74 Å². The first-order chi connectivity index (χ1) is 8.80. The van der Waals surface area contributed by atoms with E-state index in [1.807, 2.05) is 26.8 Å². The van der Waals surface area contributed by atoms with Crippen molar-refractivity contribution in [3.8, 4) is 5.75 Å². The molecule has 0 amide bonds. The van der Waals surface area contributed by atoms with Gasteiger partial charge in [-0.1, -0.05) is 11.6 Å². The third-order valence-electron chi connectivity index (χ3n) is 2.39. The van der Waals surface area contributed by atoms with E-state index in [0.717, 1.165) is 10.1 Å². The topological polar surface area (TPSA) is 35.5 Å². The summed E-state index contributed by atoms with van der Waals surface area (Å²) in [5.74, 6) is 0.288. The Morgan fingerprint density at radius 3 is 2.53 bits per heavy atom. The molecule has 5 heteroatoms. The molecule has 19 heavy (non-hydrogen) atoms. The van der Waals surface area contributed by atoms with Gasteiger partial charge in [0.15, 0.2) is 0 Å². The normalized spacial score (nSPS) is 11.6. The number of hydrogen-bond acceptors (Lipinski definition) is 4. The molecule has 2 aromatic rings. The first-order valence-corrected chi connectivity index (χ1v) is 7.00. The van der Waals surface area contributed by atoms with Crippen LogP contribution in [0.5, 0.6) is 5.75 Å². The summed E-state index contributed by atoms with van der Waals surface area (Å²) in [4.78, 5) is 12.6. The standard InChI is InChI=1S/C14H15ClO3S/c1-14(2,3)18-13(16)12-6-8-5-9(15)10(17-4)7-11(8)19-12/h5-7H,1-4H3. The van der Waals surface area contributed by atoms with Crippen LogP contribution in [0.3, 0.4) is 0 Å². The van der Waals surface area contributed by atoms with Gasteiger partial charge in [0.1, 0.15) is 16.2 Å². The summed E-state index contributed by atoms with van der Waals surface area (Å²) in [6, 6.07) is 5.41. The lowest BCUT2D eigenvalue weighted by Crippen LogP contribution is -2.23. The summed E-state index contributed by atoms with van der Waals surface area (Å²) in [6.07, 6.45) is 0. The highest BCUT2D eigenvalue weighted by Crippen LogP contribution is 2.35. The molecule has 1 heterocycles. The quantitative estimate of drug-likeness (QED) is 0.765. The van der Waals surface area contributed by atoms with Crippen molar-refractivity contribution in [2.45, 2.75) is 26.4 Å². The number of rotatable bonds is 2. The molecule has 0 atom stereocenters. The van der Waals surface area contributed by atoms with E-state index in [2.05, 4.69) is 0 Å². The van der Waals surface area contributed by atoms with E-state index in [1.54, 1.807) is 19.2 Å². The van der Waals surface area contributed by atoms with Crippen molar-refractivity contribution in [3.63, 3.8) is 0 Å². The number of methoxy groups -OCH3 is 1. The fourth-order valence-electron chi connectivity index (χ4n) is 1.63. The van der Waals surface area contributed by atoms with Gasteiger partial charge in [-0.25, -0.2) is 4.79 Å². The van der Waals surface area contributed by atoms with Gasteiger partial charge < -0.3 is 9.47 Å². The van der Waals surface area contributed by atoms with Crippen molar-refractivity contribution in [2.24, 2.45) is 0 Å². The highest BCUT2D eigenvalue weighted by molar-refractivity contribution is 7.20. The second-order valence-corrected chi connectivity index (χ2v) is 6.63. The van der Waals surface area contributed by atoms with Crippen molar-refractivity contribution >= 4 is 39.0 Å². The Hall–Kier alpha value is -1.26. The van der Waals surface area contributed by atoms with Crippen LogP contribution in [0.1, 0.15) is 30.4 Å². The minimum atomic E-state index is -0.497. The molecule has 0 aliphatic heterocycles. The highest BCUT2D eigenvalue weighted by atomic mass is 35.5. The van der Waals surface area contributed by atoms with E-state index in [1.165, 1.54) is 11.3 Å². The largest absolute Gasteiger partial charge is 0.495 e. The number of benzene rings is 1. The minimum Gasteiger partial charge on any atom is -0.495 e. The third kappa shape index (κ3) is 3.19. The van der Waals surface area contributed by atoms with Crippen molar-refractivity contribution in [3.05, 3.63) is 28.1 Å². The SMILES string of the molecule is COc1cc2sc(C(=O)OC(C)(C)C)cc2cc1Cl. The summed E-state index contributed by atoms with van der Waals surface area (Å²) in [6.45, 7) is 5.54. The van der Waals surface area contributed by atoms with Gasteiger partial charge in [0, 0.05) is 4.70 Å². The second-order valence-electron chi connectivity index (χ2n) is 5.14. The van der Waals surface area contributed by atoms with E-state index in [9.17, 15) is 4.79 Å². The van der Waals surface area contributed by atoms with Gasteiger partial charge in [0.25, 0.3) is 0 Å². The minimum absolute atomic E-state index is 0.316. The molecule has 102 valence electrons. The zero-order chi connectivity index (χ0) is 14.2. The smallest absolute Gasteiger partial charge is 0.348 e. The summed E-state index contributed by atoms with van der Waals surface area (Å²) in [5, 5.41) is 1.44. The Bertz CT molecular complexity index is 625. The van der Waals surface area contributed by atoms with Crippen LogP contribution in [0.2, 0.25) is 5.02 Å². The van der Waals surface area contributed by atoms with E-state index in [0.29, 0.717) is 15.6 Å². The van der Waals surface area contributed by atoms with E-state index in [4.69, 9.17) is 21.1 Å². The zero-order valence-corrected chi connectivity index (χ0v) is 12.8. The number of ether oxygens (including phenoxy) is 2. The van der Waals surface area contributed by atoms with Crippen molar-refractivity contribution in [1.82, 2.24) is 0 Å². The van der Waals surface area contributed by atoms with Crippen LogP contribution in [-0.4, -0.2) is 18.7 Å². The maximum atomic E-state index is 12.0. The highest BCUT2D eigenvalue weighted by Gasteiger charge is 2.20. The molecule has 0 radical (unpaired) electrons. The number of carbonyl (C=O) groups is 1. The zero-order valence-electron chi connectivity index (χ0n) is 11.2. The number of fused-ring (bicyclic) bond motifs is 1. The average molecular weight is 299 g/mol. The van der Waals surface area contributed by atoms with E-state index in [-0.39, 0.29) is 5.97 Å². The lowest BCUT2D eigenvalue weighted by molar-refractivity contribution is 0.00753. The fourth-order valence-corrected chi connectivity index (χ4v) is 2.82. The van der Waals surface area contributed by atoms with E-state index < -0.39 is 5.60 Å². The number of carbonyl (C=O) groups excluding carboxylic acids is 1. The summed E-state index contributed by atoms with van der Waals surface area (Å²) < 4.78 is 11.5. The van der Waals surface area contributed by atoms with Gasteiger partial charge in [-0.3, -0.25) is 0 Å². The van der Waals surface area contributed by atoms with Crippen molar-refractivity contribution < 1.29 is 14.3 Å². The second kappa shape index (κ2) is 5.02. The van der Waals surface area contributed by atoms with Crippen LogP contribution in [0.4, 0.5) is 0 Å². The molecule has 0 aliphatic rings. The fraction of sp³-hybridized carbons (Fsp3) is 0.357. The molecule has 0 unspecified atom stereocenters. The molecule has 1 aromatic heterocycles. The monoisotopic (exact) mass is 298 g/mol. The number of thiophene rings is 1. The molecule has 1 aromatic carbocycles. The predicted molar refractivity (Wildman–Crippen MR) is 78.6 cm³/mol. The molecule has 0 fully saturated rings. The van der Waals surface area contributed by atoms with Crippen LogP contribution >= 0.6 is 22.9 Å². The first kappa shape index (κ1) is 14.2. The molecule has 3 nitrogen and oxygen atoms in total. The van der Waals surface area contributed by atoms with Crippen molar-refractivity contribution in [1.29, 1.82) is 0 Å². The maximum absolute atomic E-state index is 12.0. The third-order valence-corrected chi connectivity index (χ3v) is 3.76. The lowest BCUT2D eigenvalue weighted by atomic mass is 10.2. The summed E-state index contributed by atoms with van der Waals surface area (Å²) in [7, 11) is 1.56. The molecule has 0 spiro atoms. The molecule has 0 saturated carbocycles. The molecule has 0 aliphatic carbocycles. The molecule has 0 N–H and O–H groups in total. The Morgan fingerprint density at radius 2 is 1.95 bits per heavy atom. The van der Waals surface area contributed by atoms with Gasteiger partial charge in [-0.2, -0.15) is 0 Å². The van der Waals surface area contributed by atoms with Gasteiger partial charge in [-0.05, 0) is 44.4 Å². The Balaban J connectivity index is 2.39. The number of halogens is 1. The predicted octanol–water partition coefficient (Wildman–Crippen LogP) is 4.52. The Kier molecular flexibility index (Phi) is 3.74. The summed E-state index contributed by atoms with van der Waals surface area (Å²) in [5.41, 5.74) is -0.497. The number of esters is 1. The maximum Gasteiger partial charge on any atom is 0.348 e. The van der Waals surface area contributed by atoms with Gasteiger partial charge in [0.2, 0.25) is 0 Å².